The zero-order valence-corrected chi connectivity index (χ0v) is 10.3. The van der Waals surface area contributed by atoms with E-state index in [0.717, 1.165) is 17.8 Å². The van der Waals surface area contributed by atoms with E-state index in [9.17, 15) is 8.78 Å². The van der Waals surface area contributed by atoms with Crippen LogP contribution in [0.25, 0.3) is 0 Å². The molecule has 0 amide bonds. The lowest BCUT2D eigenvalue weighted by atomic mass is 10.4. The highest BCUT2D eigenvalue weighted by Crippen LogP contribution is 2.28. The van der Waals surface area contributed by atoms with E-state index in [1.807, 2.05) is 0 Å². The SMILES string of the molecule is CCNc1nc(Sc2cnccn2)c(F)cc1F. The first-order valence-corrected chi connectivity index (χ1v) is 6.06. The van der Waals surface area contributed by atoms with Gasteiger partial charge in [-0.3, -0.25) is 4.98 Å². The molecule has 0 aromatic carbocycles. The van der Waals surface area contributed by atoms with Crippen molar-refractivity contribution < 1.29 is 8.78 Å². The van der Waals surface area contributed by atoms with Crippen LogP contribution < -0.4 is 5.32 Å². The van der Waals surface area contributed by atoms with Gasteiger partial charge < -0.3 is 5.32 Å². The van der Waals surface area contributed by atoms with Crippen molar-refractivity contribution in [3.63, 3.8) is 0 Å². The molecule has 0 spiro atoms. The van der Waals surface area contributed by atoms with Crippen molar-refractivity contribution in [2.24, 2.45) is 0 Å². The van der Waals surface area contributed by atoms with Crippen molar-refractivity contribution in [2.75, 3.05) is 11.9 Å². The molecule has 0 unspecified atom stereocenters. The smallest absolute Gasteiger partial charge is 0.168 e. The number of hydrogen-bond acceptors (Lipinski definition) is 5. The second kappa shape index (κ2) is 5.72. The molecule has 0 atom stereocenters. The Morgan fingerprint density at radius 2 is 2.11 bits per heavy atom. The minimum absolute atomic E-state index is 0.0327. The lowest BCUT2D eigenvalue weighted by Crippen LogP contribution is -2.04. The Labute approximate surface area is 107 Å². The number of aromatic nitrogens is 3. The summed E-state index contributed by atoms with van der Waals surface area (Å²) in [6.07, 6.45) is 4.50. The Kier molecular flexibility index (Phi) is 4.03. The summed E-state index contributed by atoms with van der Waals surface area (Å²) in [6.45, 7) is 2.31. The predicted molar refractivity (Wildman–Crippen MR) is 64.5 cm³/mol. The molecule has 1 N–H and O–H groups in total. The molecule has 4 nitrogen and oxygen atoms in total. The fraction of sp³-hybridized carbons (Fsp3) is 0.182. The molecule has 2 aromatic heterocycles. The summed E-state index contributed by atoms with van der Waals surface area (Å²) >= 11 is 0.997. The van der Waals surface area contributed by atoms with Gasteiger partial charge in [0.25, 0.3) is 0 Å². The zero-order valence-electron chi connectivity index (χ0n) is 9.52. The van der Waals surface area contributed by atoms with Gasteiger partial charge in [-0.05, 0) is 18.7 Å². The summed E-state index contributed by atoms with van der Waals surface area (Å²) in [7, 11) is 0. The highest BCUT2D eigenvalue weighted by Gasteiger charge is 2.13. The first-order chi connectivity index (χ1) is 8.70. The Hall–Kier alpha value is -1.76. The number of anilines is 1. The second-order valence-corrected chi connectivity index (χ2v) is 4.29. The molecule has 18 heavy (non-hydrogen) atoms. The van der Waals surface area contributed by atoms with Crippen LogP contribution in [-0.4, -0.2) is 21.5 Å². The van der Waals surface area contributed by atoms with Gasteiger partial charge in [-0.2, -0.15) is 0 Å². The van der Waals surface area contributed by atoms with Crippen LogP contribution in [0.2, 0.25) is 0 Å². The van der Waals surface area contributed by atoms with Crippen LogP contribution in [0.4, 0.5) is 14.6 Å². The van der Waals surface area contributed by atoms with Crippen LogP contribution >= 0.6 is 11.8 Å². The van der Waals surface area contributed by atoms with E-state index in [0.29, 0.717) is 11.6 Å². The van der Waals surface area contributed by atoms with Gasteiger partial charge in [0.2, 0.25) is 0 Å². The van der Waals surface area contributed by atoms with Gasteiger partial charge in [0.1, 0.15) is 10.1 Å². The third kappa shape index (κ3) is 2.92. The molecule has 2 heterocycles. The van der Waals surface area contributed by atoms with Gasteiger partial charge >= 0.3 is 0 Å². The first-order valence-electron chi connectivity index (χ1n) is 5.24. The topological polar surface area (TPSA) is 50.7 Å². The summed E-state index contributed by atoms with van der Waals surface area (Å²) in [4.78, 5) is 11.7. The largest absolute Gasteiger partial charge is 0.368 e. The zero-order chi connectivity index (χ0) is 13.0. The van der Waals surface area contributed by atoms with Crippen LogP contribution in [0.3, 0.4) is 0 Å². The summed E-state index contributed by atoms with van der Waals surface area (Å²) < 4.78 is 26.9. The maximum Gasteiger partial charge on any atom is 0.168 e. The molecule has 0 aliphatic rings. The maximum absolute atomic E-state index is 13.6. The summed E-state index contributed by atoms with van der Waals surface area (Å²) in [5.74, 6) is -1.40. The highest BCUT2D eigenvalue weighted by molar-refractivity contribution is 7.99. The third-order valence-electron chi connectivity index (χ3n) is 1.98. The second-order valence-electron chi connectivity index (χ2n) is 3.28. The Morgan fingerprint density at radius 1 is 1.28 bits per heavy atom. The minimum Gasteiger partial charge on any atom is -0.368 e. The van der Waals surface area contributed by atoms with E-state index < -0.39 is 11.6 Å². The predicted octanol–water partition coefficient (Wildman–Crippen LogP) is 2.73. The number of nitrogens with one attached hydrogen (secondary N) is 1. The molecule has 0 aliphatic carbocycles. The molecule has 0 radical (unpaired) electrons. The maximum atomic E-state index is 13.6. The van der Waals surface area contributed by atoms with Gasteiger partial charge in [0.05, 0.1) is 6.20 Å². The monoisotopic (exact) mass is 268 g/mol. The number of hydrogen-bond donors (Lipinski definition) is 1. The quantitative estimate of drug-likeness (QED) is 0.924. The Morgan fingerprint density at radius 3 is 2.78 bits per heavy atom. The lowest BCUT2D eigenvalue weighted by Gasteiger charge is -2.07. The van der Waals surface area contributed by atoms with Crippen molar-refractivity contribution >= 4 is 17.6 Å². The van der Waals surface area contributed by atoms with Crippen LogP contribution in [0, 0.1) is 11.6 Å². The van der Waals surface area contributed by atoms with Crippen molar-refractivity contribution in [3.8, 4) is 0 Å². The number of nitrogens with zero attached hydrogens (tertiary/aromatic N) is 3. The number of halogens is 2. The lowest BCUT2D eigenvalue weighted by molar-refractivity contribution is 0.551. The van der Waals surface area contributed by atoms with E-state index in [-0.39, 0.29) is 10.8 Å². The molecular formula is C11H10F2N4S. The van der Waals surface area contributed by atoms with Crippen molar-refractivity contribution in [1.82, 2.24) is 15.0 Å². The first kappa shape index (κ1) is 12.7. The van der Waals surface area contributed by atoms with Crippen molar-refractivity contribution in [2.45, 2.75) is 17.0 Å². The van der Waals surface area contributed by atoms with Crippen LogP contribution in [-0.2, 0) is 0 Å². The van der Waals surface area contributed by atoms with Gasteiger partial charge in [-0.15, -0.1) is 0 Å². The van der Waals surface area contributed by atoms with Gasteiger partial charge in [0.15, 0.2) is 17.5 Å². The molecule has 94 valence electrons. The summed E-state index contributed by atoms with van der Waals surface area (Å²) in [6, 6.07) is 0.809. The number of pyridine rings is 1. The standard InChI is InChI=1S/C11H10F2N4S/c1-2-15-10-7(12)5-8(13)11(17-10)18-9-6-14-3-4-16-9/h3-6H,2H2,1H3,(H,15,17). The van der Waals surface area contributed by atoms with E-state index in [4.69, 9.17) is 0 Å². The molecule has 2 rings (SSSR count). The molecule has 0 aliphatic heterocycles. The molecule has 0 fully saturated rings. The highest BCUT2D eigenvalue weighted by atomic mass is 32.2. The van der Waals surface area contributed by atoms with E-state index in [1.165, 1.54) is 18.6 Å². The third-order valence-corrected chi connectivity index (χ3v) is 2.88. The van der Waals surface area contributed by atoms with Gasteiger partial charge in [-0.25, -0.2) is 18.7 Å². The van der Waals surface area contributed by atoms with Crippen LogP contribution in [0.1, 0.15) is 6.92 Å². The minimum atomic E-state index is -0.718. The van der Waals surface area contributed by atoms with Crippen LogP contribution in [0.15, 0.2) is 34.7 Å². The summed E-state index contributed by atoms with van der Waals surface area (Å²) in [5.41, 5.74) is 0. The van der Waals surface area contributed by atoms with Gasteiger partial charge in [0, 0.05) is 25.0 Å². The molecule has 2 aromatic rings. The molecule has 0 bridgehead atoms. The van der Waals surface area contributed by atoms with Crippen molar-refractivity contribution in [1.29, 1.82) is 0 Å². The van der Waals surface area contributed by atoms with E-state index in [2.05, 4.69) is 20.3 Å². The fourth-order valence-corrected chi connectivity index (χ4v) is 1.97. The van der Waals surface area contributed by atoms with Crippen LogP contribution in [0.5, 0.6) is 0 Å². The Bertz CT molecular complexity index is 536. The molecule has 0 saturated carbocycles. The average Bonchev–Trinajstić information content (AvgIpc) is 2.37. The normalized spacial score (nSPS) is 10.4. The van der Waals surface area contributed by atoms with E-state index >= 15 is 0 Å². The van der Waals surface area contributed by atoms with E-state index in [1.54, 1.807) is 6.92 Å². The molecule has 0 saturated heterocycles. The summed E-state index contributed by atoms with van der Waals surface area (Å²) in [5, 5.41) is 3.29. The number of rotatable bonds is 4. The van der Waals surface area contributed by atoms with Gasteiger partial charge in [-0.1, -0.05) is 0 Å². The van der Waals surface area contributed by atoms with Crippen molar-refractivity contribution in [3.05, 3.63) is 36.3 Å². The Balaban J connectivity index is 2.30. The molecule has 7 heteroatoms. The average molecular weight is 268 g/mol. The molecular weight excluding hydrogens is 258 g/mol. The fourth-order valence-electron chi connectivity index (χ4n) is 1.25.